The highest BCUT2D eigenvalue weighted by Crippen LogP contribution is 2.32. The van der Waals surface area contributed by atoms with E-state index in [-0.39, 0.29) is 11.9 Å². The number of hydrogen-bond acceptors (Lipinski definition) is 2. The summed E-state index contributed by atoms with van der Waals surface area (Å²) in [5.41, 5.74) is 1.57. The van der Waals surface area contributed by atoms with E-state index in [9.17, 15) is 4.39 Å². The maximum atomic E-state index is 14.3. The Balaban J connectivity index is 2.10. The molecule has 1 fully saturated rings. The molecule has 0 radical (unpaired) electrons. The number of anilines is 2. The van der Waals surface area contributed by atoms with E-state index in [1.54, 1.807) is 6.07 Å². The van der Waals surface area contributed by atoms with Crippen molar-refractivity contribution in [2.75, 3.05) is 17.3 Å². The number of rotatable bonds is 4. The van der Waals surface area contributed by atoms with Crippen LogP contribution in [0.5, 0.6) is 0 Å². The minimum atomic E-state index is -0.146. The monoisotopic (exact) mass is 292 g/mol. The van der Waals surface area contributed by atoms with Crippen LogP contribution < -0.4 is 10.2 Å². The molecule has 1 aliphatic carbocycles. The van der Waals surface area contributed by atoms with Crippen LogP contribution in [0.15, 0.2) is 18.2 Å². The van der Waals surface area contributed by atoms with Gasteiger partial charge in [0.2, 0.25) is 0 Å². The highest BCUT2D eigenvalue weighted by atomic mass is 19.1. The van der Waals surface area contributed by atoms with Gasteiger partial charge in [-0.1, -0.05) is 26.7 Å². The Morgan fingerprint density at radius 1 is 1.24 bits per heavy atom. The summed E-state index contributed by atoms with van der Waals surface area (Å²) < 4.78 is 14.3. The average Bonchev–Trinajstić information content (AvgIpc) is 2.43. The van der Waals surface area contributed by atoms with Gasteiger partial charge in [-0.15, -0.1) is 0 Å². The van der Waals surface area contributed by atoms with Gasteiger partial charge in [0.15, 0.2) is 0 Å². The third-order valence-electron chi connectivity index (χ3n) is 5.16. The summed E-state index contributed by atoms with van der Waals surface area (Å²) in [7, 11) is 1.93. The third kappa shape index (κ3) is 3.69. The first-order valence-corrected chi connectivity index (χ1v) is 8.19. The lowest BCUT2D eigenvalue weighted by Gasteiger charge is -2.35. The van der Waals surface area contributed by atoms with Crippen LogP contribution in [0.25, 0.3) is 0 Å². The largest absolute Gasteiger partial charge is 0.382 e. The Bertz CT molecular complexity index is 472. The molecule has 0 aliphatic heterocycles. The molecule has 3 heteroatoms. The van der Waals surface area contributed by atoms with Gasteiger partial charge in [0.1, 0.15) is 5.82 Å². The molecule has 0 amide bonds. The van der Waals surface area contributed by atoms with Gasteiger partial charge in [-0.3, -0.25) is 0 Å². The minimum Gasteiger partial charge on any atom is -0.382 e. The van der Waals surface area contributed by atoms with Crippen LogP contribution in [-0.4, -0.2) is 19.1 Å². The lowest BCUT2D eigenvalue weighted by molar-refractivity contribution is 0.253. The number of halogens is 1. The van der Waals surface area contributed by atoms with Crippen LogP contribution in [0, 0.1) is 17.7 Å². The molecule has 1 aliphatic rings. The first-order chi connectivity index (χ1) is 9.90. The molecule has 0 spiro atoms. The summed E-state index contributed by atoms with van der Waals surface area (Å²) >= 11 is 0. The van der Waals surface area contributed by atoms with Gasteiger partial charge in [0, 0.05) is 24.8 Å². The van der Waals surface area contributed by atoms with Crippen LogP contribution in [0.4, 0.5) is 15.8 Å². The molecule has 118 valence electrons. The number of nitrogens with zero attached hydrogens (tertiary/aromatic N) is 1. The topological polar surface area (TPSA) is 15.3 Å². The van der Waals surface area contributed by atoms with Crippen molar-refractivity contribution in [3.05, 3.63) is 24.0 Å². The maximum absolute atomic E-state index is 14.3. The standard InChI is InChI=1S/C18H29FN2/c1-12(2)21(5)18-10-9-15(11-16(18)19)20-17-8-6-7-13(3)14(17)4/h9-14,17,20H,6-8H2,1-5H3. The SMILES string of the molecule is CC1CCCC(Nc2ccc(N(C)C(C)C)c(F)c2)C1C. The molecule has 1 aromatic carbocycles. The summed E-state index contributed by atoms with van der Waals surface area (Å²) in [5, 5.41) is 3.54. The van der Waals surface area contributed by atoms with E-state index in [0.29, 0.717) is 17.6 Å². The minimum absolute atomic E-state index is 0.146. The van der Waals surface area contributed by atoms with Crippen molar-refractivity contribution < 1.29 is 4.39 Å². The lowest BCUT2D eigenvalue weighted by atomic mass is 9.78. The van der Waals surface area contributed by atoms with Gasteiger partial charge in [-0.05, 0) is 50.3 Å². The number of benzene rings is 1. The Labute approximate surface area is 128 Å². The second kappa shape index (κ2) is 6.67. The zero-order valence-corrected chi connectivity index (χ0v) is 14.0. The van der Waals surface area contributed by atoms with Crippen LogP contribution in [0.2, 0.25) is 0 Å². The fraction of sp³-hybridized carbons (Fsp3) is 0.667. The first-order valence-electron chi connectivity index (χ1n) is 8.19. The highest BCUT2D eigenvalue weighted by Gasteiger charge is 2.27. The zero-order valence-electron chi connectivity index (χ0n) is 14.0. The van der Waals surface area contributed by atoms with Crippen molar-refractivity contribution in [2.24, 2.45) is 11.8 Å². The van der Waals surface area contributed by atoms with E-state index in [2.05, 4.69) is 33.0 Å². The molecular weight excluding hydrogens is 263 g/mol. The van der Waals surface area contributed by atoms with E-state index in [1.807, 2.05) is 24.1 Å². The van der Waals surface area contributed by atoms with Crippen molar-refractivity contribution in [1.82, 2.24) is 0 Å². The molecule has 1 saturated carbocycles. The summed E-state index contributed by atoms with van der Waals surface area (Å²) in [6, 6.07) is 6.28. The molecule has 3 atom stereocenters. The quantitative estimate of drug-likeness (QED) is 0.848. The van der Waals surface area contributed by atoms with E-state index < -0.39 is 0 Å². The summed E-state index contributed by atoms with van der Waals surface area (Å²) in [6.45, 7) is 8.76. The molecule has 2 nitrogen and oxygen atoms in total. The Kier molecular flexibility index (Phi) is 5.13. The average molecular weight is 292 g/mol. The first kappa shape index (κ1) is 16.1. The van der Waals surface area contributed by atoms with Crippen molar-refractivity contribution in [2.45, 2.75) is 59.0 Å². The second-order valence-electron chi connectivity index (χ2n) is 6.89. The van der Waals surface area contributed by atoms with E-state index in [1.165, 1.54) is 19.3 Å². The fourth-order valence-corrected chi connectivity index (χ4v) is 3.16. The Morgan fingerprint density at radius 3 is 2.57 bits per heavy atom. The highest BCUT2D eigenvalue weighted by molar-refractivity contribution is 5.56. The van der Waals surface area contributed by atoms with Gasteiger partial charge >= 0.3 is 0 Å². The fourth-order valence-electron chi connectivity index (χ4n) is 3.16. The molecule has 0 saturated heterocycles. The number of hydrogen-bond donors (Lipinski definition) is 1. The molecule has 0 bridgehead atoms. The van der Waals surface area contributed by atoms with Gasteiger partial charge in [0.05, 0.1) is 5.69 Å². The normalized spacial score (nSPS) is 26.0. The lowest BCUT2D eigenvalue weighted by Crippen LogP contribution is -2.35. The number of nitrogens with one attached hydrogen (secondary N) is 1. The molecule has 0 heterocycles. The zero-order chi connectivity index (χ0) is 15.6. The Morgan fingerprint density at radius 2 is 1.95 bits per heavy atom. The molecule has 21 heavy (non-hydrogen) atoms. The molecule has 0 aromatic heterocycles. The predicted octanol–water partition coefficient (Wildman–Crippen LogP) is 4.91. The van der Waals surface area contributed by atoms with Gasteiger partial charge in [0.25, 0.3) is 0 Å². The predicted molar refractivity (Wildman–Crippen MR) is 89.5 cm³/mol. The second-order valence-corrected chi connectivity index (χ2v) is 6.89. The Hall–Kier alpha value is -1.25. The van der Waals surface area contributed by atoms with Crippen molar-refractivity contribution in [3.63, 3.8) is 0 Å². The van der Waals surface area contributed by atoms with E-state index in [4.69, 9.17) is 0 Å². The molecule has 2 rings (SSSR count). The summed E-state index contributed by atoms with van der Waals surface area (Å²) in [4.78, 5) is 1.96. The molecule has 1 aromatic rings. The summed E-state index contributed by atoms with van der Waals surface area (Å²) in [6.07, 6.45) is 3.76. The van der Waals surface area contributed by atoms with E-state index >= 15 is 0 Å². The van der Waals surface area contributed by atoms with Crippen LogP contribution in [0.3, 0.4) is 0 Å². The van der Waals surface area contributed by atoms with Gasteiger partial charge in [-0.2, -0.15) is 0 Å². The van der Waals surface area contributed by atoms with Crippen molar-refractivity contribution in [3.8, 4) is 0 Å². The molecule has 1 N–H and O–H groups in total. The van der Waals surface area contributed by atoms with Crippen LogP contribution >= 0.6 is 0 Å². The van der Waals surface area contributed by atoms with Crippen molar-refractivity contribution >= 4 is 11.4 Å². The third-order valence-corrected chi connectivity index (χ3v) is 5.16. The smallest absolute Gasteiger partial charge is 0.148 e. The van der Waals surface area contributed by atoms with Gasteiger partial charge < -0.3 is 10.2 Å². The summed E-state index contributed by atoms with van der Waals surface area (Å²) in [5.74, 6) is 1.24. The van der Waals surface area contributed by atoms with Crippen molar-refractivity contribution in [1.29, 1.82) is 0 Å². The molecular formula is C18H29FN2. The maximum Gasteiger partial charge on any atom is 0.148 e. The van der Waals surface area contributed by atoms with Crippen LogP contribution in [0.1, 0.15) is 47.0 Å². The van der Waals surface area contributed by atoms with E-state index in [0.717, 1.165) is 11.6 Å². The van der Waals surface area contributed by atoms with Gasteiger partial charge in [-0.25, -0.2) is 4.39 Å². The van der Waals surface area contributed by atoms with Crippen LogP contribution in [-0.2, 0) is 0 Å². The molecule has 3 unspecified atom stereocenters.